The first-order chi connectivity index (χ1) is 2.73. The van der Waals surface area contributed by atoms with Crippen molar-refractivity contribution in [2.45, 2.75) is 6.92 Å². The Balaban J connectivity index is 0. The first kappa shape index (κ1) is 9.04. The standard InChI is InChI=1S/C2H6N2.H4N2/c1-2(3)4;1-2/h1H3,(H3,3,4);1-2H2. The second-order valence-corrected chi connectivity index (χ2v) is 0.683. The van der Waals surface area contributed by atoms with E-state index in [1.807, 2.05) is 0 Å². The van der Waals surface area contributed by atoms with Crippen molar-refractivity contribution < 1.29 is 0 Å². The van der Waals surface area contributed by atoms with Gasteiger partial charge in [0.05, 0.1) is 5.84 Å². The van der Waals surface area contributed by atoms with Crippen molar-refractivity contribution in [3.8, 4) is 0 Å². The quantitative estimate of drug-likeness (QED) is 0.129. The first-order valence-electron chi connectivity index (χ1n) is 1.37. The minimum Gasteiger partial charge on any atom is -0.388 e. The van der Waals surface area contributed by atoms with E-state index in [4.69, 9.17) is 11.1 Å². The van der Waals surface area contributed by atoms with Crippen LogP contribution >= 0.6 is 0 Å². The van der Waals surface area contributed by atoms with Crippen LogP contribution in [0.5, 0.6) is 0 Å². The predicted octanol–water partition coefficient (Wildman–Crippen LogP) is -1.24. The average Bonchev–Trinajstić information content (AvgIpc) is 1.41. The Bertz CT molecular complexity index is 28.5. The molecule has 0 rings (SSSR count). The van der Waals surface area contributed by atoms with Crippen LogP contribution in [0.1, 0.15) is 6.92 Å². The number of hydrazine groups is 1. The molecule has 0 heterocycles. The molecule has 0 aliphatic carbocycles. The van der Waals surface area contributed by atoms with Gasteiger partial charge in [0.2, 0.25) is 0 Å². The molecule has 0 aromatic rings. The van der Waals surface area contributed by atoms with Crippen LogP contribution in [0.15, 0.2) is 0 Å². The summed E-state index contributed by atoms with van der Waals surface area (Å²) in [5.41, 5.74) is 4.69. The molecule has 0 amide bonds. The van der Waals surface area contributed by atoms with Crippen LogP contribution in [0, 0.1) is 5.41 Å². The van der Waals surface area contributed by atoms with Crippen molar-refractivity contribution in [2.24, 2.45) is 17.4 Å². The second-order valence-electron chi connectivity index (χ2n) is 0.683. The summed E-state index contributed by atoms with van der Waals surface area (Å²) < 4.78 is 0. The molecule has 0 bridgehead atoms. The summed E-state index contributed by atoms with van der Waals surface area (Å²) in [4.78, 5) is 0. The molecule has 0 aromatic carbocycles. The highest BCUT2D eigenvalue weighted by molar-refractivity contribution is 5.73. The number of amidine groups is 1. The Morgan fingerprint density at radius 3 is 1.50 bits per heavy atom. The molecule has 0 spiro atoms. The zero-order valence-electron chi connectivity index (χ0n) is 3.73. The van der Waals surface area contributed by atoms with E-state index in [1.165, 1.54) is 6.92 Å². The van der Waals surface area contributed by atoms with Crippen molar-refractivity contribution in [1.82, 2.24) is 0 Å². The van der Waals surface area contributed by atoms with Crippen LogP contribution in [0.2, 0.25) is 0 Å². The molecule has 0 radical (unpaired) electrons. The molecule has 6 heavy (non-hydrogen) atoms. The molecule has 0 aliphatic rings. The van der Waals surface area contributed by atoms with Crippen molar-refractivity contribution in [1.29, 1.82) is 5.41 Å². The third-order valence-corrected chi connectivity index (χ3v) is 0. The van der Waals surface area contributed by atoms with Gasteiger partial charge in [-0.3, -0.25) is 17.1 Å². The summed E-state index contributed by atoms with van der Waals surface area (Å²) in [6.45, 7) is 1.53. The van der Waals surface area contributed by atoms with Crippen molar-refractivity contribution in [2.75, 3.05) is 0 Å². The second kappa shape index (κ2) is 8.83. The minimum atomic E-state index is 0.167. The number of hydrogen-bond donors (Lipinski definition) is 4. The van der Waals surface area contributed by atoms with Crippen LogP contribution in [-0.4, -0.2) is 5.84 Å². The van der Waals surface area contributed by atoms with Gasteiger partial charge in [-0.05, 0) is 6.92 Å². The van der Waals surface area contributed by atoms with E-state index in [-0.39, 0.29) is 5.84 Å². The molecule has 0 saturated carbocycles. The fourth-order valence-electron chi connectivity index (χ4n) is 0. The number of hydrogen-bond acceptors (Lipinski definition) is 3. The SMILES string of the molecule is CC(=N)N.NN. The summed E-state index contributed by atoms with van der Waals surface area (Å²) in [6.07, 6.45) is 0. The Morgan fingerprint density at radius 2 is 1.50 bits per heavy atom. The number of nitrogens with one attached hydrogen (secondary N) is 1. The maximum atomic E-state index is 6.28. The smallest absolute Gasteiger partial charge is 0.0873 e. The Morgan fingerprint density at radius 1 is 1.50 bits per heavy atom. The molecule has 0 atom stereocenters. The van der Waals surface area contributed by atoms with E-state index in [0.29, 0.717) is 0 Å². The van der Waals surface area contributed by atoms with Crippen LogP contribution in [0.3, 0.4) is 0 Å². The van der Waals surface area contributed by atoms with Gasteiger partial charge in [0.15, 0.2) is 0 Å². The molecule has 0 aliphatic heterocycles. The van der Waals surface area contributed by atoms with Crippen LogP contribution in [-0.2, 0) is 0 Å². The van der Waals surface area contributed by atoms with Gasteiger partial charge < -0.3 is 5.73 Å². The Hall–Kier alpha value is -0.610. The highest BCUT2D eigenvalue weighted by atomic mass is 15.0. The summed E-state index contributed by atoms with van der Waals surface area (Å²) in [6, 6.07) is 0. The highest BCUT2D eigenvalue weighted by Crippen LogP contribution is 1.36. The summed E-state index contributed by atoms with van der Waals surface area (Å²) in [7, 11) is 0. The molecular formula is C2H10N4. The van der Waals surface area contributed by atoms with E-state index in [0.717, 1.165) is 0 Å². The Labute approximate surface area is 36.8 Å². The monoisotopic (exact) mass is 90.1 g/mol. The van der Waals surface area contributed by atoms with Gasteiger partial charge in [-0.25, -0.2) is 0 Å². The number of rotatable bonds is 0. The molecule has 0 fully saturated rings. The van der Waals surface area contributed by atoms with E-state index in [2.05, 4.69) is 11.7 Å². The first-order valence-corrected chi connectivity index (χ1v) is 1.37. The van der Waals surface area contributed by atoms with Crippen molar-refractivity contribution >= 4 is 5.84 Å². The lowest BCUT2D eigenvalue weighted by Crippen LogP contribution is -2.02. The van der Waals surface area contributed by atoms with Crippen LogP contribution in [0.4, 0.5) is 0 Å². The topological polar surface area (TPSA) is 102 Å². The highest BCUT2D eigenvalue weighted by Gasteiger charge is 1.53. The lowest BCUT2D eigenvalue weighted by molar-refractivity contribution is 1.26. The van der Waals surface area contributed by atoms with Gasteiger partial charge >= 0.3 is 0 Å². The molecule has 4 heteroatoms. The van der Waals surface area contributed by atoms with E-state index in [9.17, 15) is 0 Å². The van der Waals surface area contributed by atoms with Crippen molar-refractivity contribution in [3.05, 3.63) is 0 Å². The maximum Gasteiger partial charge on any atom is 0.0873 e. The average molecular weight is 90.1 g/mol. The van der Waals surface area contributed by atoms with Gasteiger partial charge in [0.25, 0.3) is 0 Å². The summed E-state index contributed by atoms with van der Waals surface area (Å²) in [5.74, 6) is 8.17. The predicted molar refractivity (Wildman–Crippen MR) is 26.0 cm³/mol. The lowest BCUT2D eigenvalue weighted by atomic mass is 10.8. The lowest BCUT2D eigenvalue weighted by Gasteiger charge is -1.66. The number of nitrogens with two attached hydrogens (primary N) is 3. The third kappa shape index (κ3) is 52.0. The van der Waals surface area contributed by atoms with Gasteiger partial charge in [0, 0.05) is 0 Å². The van der Waals surface area contributed by atoms with Gasteiger partial charge in [-0.15, -0.1) is 0 Å². The van der Waals surface area contributed by atoms with Gasteiger partial charge in [0.1, 0.15) is 0 Å². The zero-order chi connectivity index (χ0) is 5.58. The van der Waals surface area contributed by atoms with Crippen molar-refractivity contribution in [3.63, 3.8) is 0 Å². The molecule has 38 valence electrons. The fraction of sp³-hybridized carbons (Fsp3) is 0.500. The normalized spacial score (nSPS) is 5.17. The zero-order valence-corrected chi connectivity index (χ0v) is 3.73. The largest absolute Gasteiger partial charge is 0.388 e. The molecule has 0 unspecified atom stereocenters. The van der Waals surface area contributed by atoms with E-state index in [1.54, 1.807) is 0 Å². The van der Waals surface area contributed by atoms with Crippen LogP contribution < -0.4 is 17.4 Å². The summed E-state index contributed by atoms with van der Waals surface area (Å²) in [5, 5.41) is 6.28. The minimum absolute atomic E-state index is 0.167. The maximum absolute atomic E-state index is 6.28. The van der Waals surface area contributed by atoms with E-state index >= 15 is 0 Å². The molecule has 4 nitrogen and oxygen atoms in total. The molecule has 0 aromatic heterocycles. The van der Waals surface area contributed by atoms with Crippen LogP contribution in [0.25, 0.3) is 0 Å². The Kier molecular flexibility index (Phi) is 13.3. The third-order valence-electron chi connectivity index (χ3n) is 0. The molecular weight excluding hydrogens is 80.0 g/mol. The molecule has 0 saturated heterocycles. The van der Waals surface area contributed by atoms with Gasteiger partial charge in [-0.1, -0.05) is 0 Å². The molecule has 7 N–H and O–H groups in total. The van der Waals surface area contributed by atoms with Gasteiger partial charge in [-0.2, -0.15) is 0 Å². The summed E-state index contributed by atoms with van der Waals surface area (Å²) >= 11 is 0. The van der Waals surface area contributed by atoms with E-state index < -0.39 is 0 Å². The fourth-order valence-corrected chi connectivity index (χ4v) is 0.